The Balaban J connectivity index is 1.81. The fourth-order valence-corrected chi connectivity index (χ4v) is 3.15. The van der Waals surface area contributed by atoms with Gasteiger partial charge in [-0.3, -0.25) is 14.5 Å². The van der Waals surface area contributed by atoms with Crippen molar-refractivity contribution in [1.82, 2.24) is 10.2 Å². The highest BCUT2D eigenvalue weighted by Crippen LogP contribution is 2.31. The first-order valence-electron chi connectivity index (χ1n) is 8.28. The van der Waals surface area contributed by atoms with Crippen LogP contribution in [0.5, 0.6) is 0 Å². The molecule has 0 aliphatic carbocycles. The van der Waals surface area contributed by atoms with Gasteiger partial charge in [0.05, 0.1) is 0 Å². The minimum absolute atomic E-state index is 0.320. The lowest BCUT2D eigenvalue weighted by atomic mass is 9.91. The lowest BCUT2D eigenvalue weighted by Gasteiger charge is -2.22. The third-order valence-corrected chi connectivity index (χ3v) is 5.00. The first-order valence-corrected chi connectivity index (χ1v) is 8.66. The van der Waals surface area contributed by atoms with E-state index in [0.29, 0.717) is 21.2 Å². The number of nitrogens with zero attached hydrogens (tertiary/aromatic N) is 1. The molecule has 0 unspecified atom stereocenters. The molecule has 0 aromatic heterocycles. The number of halogens is 3. The van der Waals surface area contributed by atoms with Crippen LogP contribution in [0, 0.1) is 18.6 Å². The summed E-state index contributed by atoms with van der Waals surface area (Å²) in [7, 11) is 0. The number of hydrogen-bond donors (Lipinski definition) is 2. The fourth-order valence-electron chi connectivity index (χ4n) is 2.98. The highest BCUT2D eigenvalue weighted by Gasteiger charge is 2.50. The zero-order valence-electron chi connectivity index (χ0n) is 15.0. The number of nitrogens with one attached hydrogen (secondary N) is 2. The molecule has 1 aliphatic heterocycles. The van der Waals surface area contributed by atoms with E-state index in [1.807, 2.05) is 0 Å². The normalized spacial score (nSPS) is 19.0. The van der Waals surface area contributed by atoms with E-state index in [0.717, 1.165) is 18.2 Å². The molecule has 0 saturated carbocycles. The van der Waals surface area contributed by atoms with Gasteiger partial charge in [0.1, 0.15) is 23.7 Å². The van der Waals surface area contributed by atoms with Crippen LogP contribution >= 0.6 is 11.6 Å². The van der Waals surface area contributed by atoms with Crippen molar-refractivity contribution in [2.75, 3.05) is 11.9 Å². The molecule has 3 rings (SSSR count). The summed E-state index contributed by atoms with van der Waals surface area (Å²) in [6, 6.07) is 6.65. The Labute approximate surface area is 164 Å². The summed E-state index contributed by atoms with van der Waals surface area (Å²) in [5.41, 5.74) is -1.08. The van der Waals surface area contributed by atoms with E-state index in [4.69, 9.17) is 11.6 Å². The molecule has 146 valence electrons. The van der Waals surface area contributed by atoms with Crippen LogP contribution in [0.4, 0.5) is 19.3 Å². The molecule has 2 aromatic carbocycles. The van der Waals surface area contributed by atoms with Crippen LogP contribution in [-0.2, 0) is 15.1 Å². The molecule has 2 N–H and O–H groups in total. The first-order chi connectivity index (χ1) is 13.1. The largest absolute Gasteiger partial charge is 0.325 e. The zero-order chi connectivity index (χ0) is 20.6. The highest BCUT2D eigenvalue weighted by atomic mass is 35.5. The van der Waals surface area contributed by atoms with Crippen LogP contribution in [-0.4, -0.2) is 29.3 Å². The summed E-state index contributed by atoms with van der Waals surface area (Å²) < 4.78 is 27.7. The first kappa shape index (κ1) is 19.8. The van der Waals surface area contributed by atoms with Crippen LogP contribution in [0.15, 0.2) is 36.4 Å². The SMILES string of the molecule is Cc1c(Cl)cccc1NC(=O)CN1C(=O)N[C@](C)(c2cc(F)ccc2F)C1=O. The van der Waals surface area contributed by atoms with Crippen molar-refractivity contribution >= 4 is 35.1 Å². The van der Waals surface area contributed by atoms with Gasteiger partial charge in [-0.25, -0.2) is 13.6 Å². The summed E-state index contributed by atoms with van der Waals surface area (Å²) in [5.74, 6) is -3.11. The maximum Gasteiger partial charge on any atom is 0.325 e. The molecule has 1 fully saturated rings. The predicted molar refractivity (Wildman–Crippen MR) is 98.8 cm³/mol. The topological polar surface area (TPSA) is 78.5 Å². The third-order valence-electron chi connectivity index (χ3n) is 4.59. The van der Waals surface area contributed by atoms with Crippen LogP contribution in [0.2, 0.25) is 5.02 Å². The van der Waals surface area contributed by atoms with E-state index in [2.05, 4.69) is 10.6 Å². The molecule has 1 saturated heterocycles. The molecule has 0 spiro atoms. The smallest absolute Gasteiger partial charge is 0.324 e. The Hall–Kier alpha value is -3.00. The maximum absolute atomic E-state index is 14.1. The van der Waals surface area contributed by atoms with Gasteiger partial charge in [0, 0.05) is 16.3 Å². The van der Waals surface area contributed by atoms with Gasteiger partial charge in [-0.15, -0.1) is 0 Å². The van der Waals surface area contributed by atoms with Crippen molar-refractivity contribution in [2.45, 2.75) is 19.4 Å². The second kappa shape index (κ2) is 7.20. The van der Waals surface area contributed by atoms with Gasteiger partial charge >= 0.3 is 6.03 Å². The molecule has 2 aromatic rings. The van der Waals surface area contributed by atoms with Crippen molar-refractivity contribution in [2.24, 2.45) is 0 Å². The van der Waals surface area contributed by atoms with Crippen molar-refractivity contribution in [3.8, 4) is 0 Å². The van der Waals surface area contributed by atoms with E-state index < -0.39 is 41.6 Å². The second-order valence-electron chi connectivity index (χ2n) is 6.53. The van der Waals surface area contributed by atoms with E-state index in [1.165, 1.54) is 6.92 Å². The molecule has 1 aliphatic rings. The van der Waals surface area contributed by atoms with Crippen LogP contribution < -0.4 is 10.6 Å². The number of carbonyl (C=O) groups is 3. The Bertz CT molecular complexity index is 998. The predicted octanol–water partition coefficient (Wildman–Crippen LogP) is 3.33. The highest BCUT2D eigenvalue weighted by molar-refractivity contribution is 6.31. The monoisotopic (exact) mass is 407 g/mol. The van der Waals surface area contributed by atoms with Crippen molar-refractivity contribution in [3.05, 3.63) is 64.2 Å². The summed E-state index contributed by atoms with van der Waals surface area (Å²) >= 11 is 6.00. The minimum Gasteiger partial charge on any atom is -0.324 e. The molecule has 1 heterocycles. The molecule has 6 nitrogen and oxygen atoms in total. The Morgan fingerprint density at radius 2 is 1.96 bits per heavy atom. The van der Waals surface area contributed by atoms with Crippen molar-refractivity contribution < 1.29 is 23.2 Å². The lowest BCUT2D eigenvalue weighted by Crippen LogP contribution is -2.42. The van der Waals surface area contributed by atoms with Crippen LogP contribution in [0.1, 0.15) is 18.1 Å². The van der Waals surface area contributed by atoms with Gasteiger partial charge in [0.15, 0.2) is 0 Å². The average molecular weight is 408 g/mol. The van der Waals surface area contributed by atoms with Crippen molar-refractivity contribution in [1.29, 1.82) is 0 Å². The standard InChI is InChI=1S/C19H16ClF2N3O3/c1-10-13(20)4-3-5-15(10)23-16(26)9-25-17(27)19(2,24-18(25)28)12-8-11(21)6-7-14(12)22/h3-8H,9H2,1-2H3,(H,23,26)(H,24,28)/t19-/m1/s1. The van der Waals surface area contributed by atoms with Gasteiger partial charge in [-0.2, -0.15) is 0 Å². The molecule has 28 heavy (non-hydrogen) atoms. The molecule has 0 radical (unpaired) electrons. The number of anilines is 1. The van der Waals surface area contributed by atoms with Gasteiger partial charge < -0.3 is 10.6 Å². The molecular formula is C19H16ClF2N3O3. The summed E-state index contributed by atoms with van der Waals surface area (Å²) in [6.07, 6.45) is 0. The number of benzene rings is 2. The van der Waals surface area contributed by atoms with E-state index >= 15 is 0 Å². The molecule has 9 heteroatoms. The Morgan fingerprint density at radius 3 is 2.68 bits per heavy atom. The fraction of sp³-hybridized carbons (Fsp3) is 0.211. The number of imide groups is 1. The van der Waals surface area contributed by atoms with Crippen LogP contribution in [0.25, 0.3) is 0 Å². The zero-order valence-corrected chi connectivity index (χ0v) is 15.7. The maximum atomic E-state index is 14.1. The molecule has 1 atom stereocenters. The van der Waals surface area contributed by atoms with Crippen LogP contribution in [0.3, 0.4) is 0 Å². The average Bonchev–Trinajstić information content (AvgIpc) is 2.85. The van der Waals surface area contributed by atoms with E-state index in [1.54, 1.807) is 25.1 Å². The second-order valence-corrected chi connectivity index (χ2v) is 6.94. The molecular weight excluding hydrogens is 392 g/mol. The van der Waals surface area contributed by atoms with Gasteiger partial charge in [-0.1, -0.05) is 17.7 Å². The van der Waals surface area contributed by atoms with E-state index in [-0.39, 0.29) is 5.56 Å². The Kier molecular flexibility index (Phi) is 5.08. The lowest BCUT2D eigenvalue weighted by molar-refractivity contribution is -0.133. The molecule has 0 bridgehead atoms. The number of urea groups is 1. The van der Waals surface area contributed by atoms with Crippen molar-refractivity contribution in [3.63, 3.8) is 0 Å². The quantitative estimate of drug-likeness (QED) is 0.763. The molecule has 4 amide bonds. The van der Waals surface area contributed by atoms with Gasteiger partial charge in [0.25, 0.3) is 5.91 Å². The number of amides is 4. The summed E-state index contributed by atoms with van der Waals surface area (Å²) in [6.45, 7) is 2.36. The summed E-state index contributed by atoms with van der Waals surface area (Å²) in [4.78, 5) is 38.0. The number of carbonyl (C=O) groups excluding carboxylic acids is 3. The number of rotatable bonds is 4. The van der Waals surface area contributed by atoms with E-state index in [9.17, 15) is 23.2 Å². The summed E-state index contributed by atoms with van der Waals surface area (Å²) in [5, 5.41) is 5.36. The minimum atomic E-state index is -1.82. The Morgan fingerprint density at radius 1 is 1.25 bits per heavy atom. The third kappa shape index (κ3) is 3.43. The van der Waals surface area contributed by atoms with Gasteiger partial charge in [-0.05, 0) is 49.7 Å². The number of hydrogen-bond acceptors (Lipinski definition) is 3. The van der Waals surface area contributed by atoms with Gasteiger partial charge in [0.2, 0.25) is 5.91 Å².